The third kappa shape index (κ3) is 2.91. The molecule has 1 fully saturated rings. The van der Waals surface area contributed by atoms with E-state index in [2.05, 4.69) is 11.8 Å². The van der Waals surface area contributed by atoms with Crippen LogP contribution < -0.4 is 0 Å². The molecule has 1 saturated heterocycles. The van der Waals surface area contributed by atoms with Crippen LogP contribution in [0.1, 0.15) is 22.8 Å². The van der Waals surface area contributed by atoms with Gasteiger partial charge in [-0.25, -0.2) is 0 Å². The van der Waals surface area contributed by atoms with Gasteiger partial charge in [0.25, 0.3) is 0 Å². The highest BCUT2D eigenvalue weighted by atomic mass is 35.5. The number of likely N-dealkylation sites (N-methyl/N-ethyl adjacent to an activating group) is 1. The fraction of sp³-hybridized carbons (Fsp3) is 0.500. The highest BCUT2D eigenvalue weighted by Crippen LogP contribution is 2.19. The lowest BCUT2D eigenvalue weighted by molar-refractivity contribution is -0.0148. The molecule has 0 N–H and O–H groups in total. The highest BCUT2D eigenvalue weighted by molar-refractivity contribution is 6.31. The molecular formula is C14H18ClNO2. The van der Waals surface area contributed by atoms with Crippen molar-refractivity contribution >= 4 is 17.4 Å². The molecule has 1 heterocycles. The fourth-order valence-electron chi connectivity index (χ4n) is 2.08. The first-order valence-electron chi connectivity index (χ1n) is 6.26. The molecule has 18 heavy (non-hydrogen) atoms. The Morgan fingerprint density at radius 3 is 3.00 bits per heavy atom. The molecule has 1 aromatic carbocycles. The molecule has 0 saturated carbocycles. The van der Waals surface area contributed by atoms with E-state index in [1.807, 2.05) is 19.1 Å². The van der Waals surface area contributed by atoms with Gasteiger partial charge in [0.2, 0.25) is 0 Å². The van der Waals surface area contributed by atoms with E-state index in [9.17, 15) is 4.79 Å². The van der Waals surface area contributed by atoms with Crippen molar-refractivity contribution in [1.82, 2.24) is 4.90 Å². The highest BCUT2D eigenvalue weighted by Gasteiger charge is 2.26. The maximum atomic E-state index is 12.3. The van der Waals surface area contributed by atoms with Crippen molar-refractivity contribution in [1.29, 1.82) is 0 Å². The SMILES string of the molecule is CCN1CCOC(C(=O)c2ccc(C)c(Cl)c2)C1. The molecule has 4 heteroatoms. The van der Waals surface area contributed by atoms with Crippen LogP contribution in [-0.2, 0) is 4.74 Å². The van der Waals surface area contributed by atoms with Gasteiger partial charge in [0.05, 0.1) is 6.61 Å². The van der Waals surface area contributed by atoms with Crippen LogP contribution in [0.5, 0.6) is 0 Å². The number of benzene rings is 1. The fourth-order valence-corrected chi connectivity index (χ4v) is 2.26. The van der Waals surface area contributed by atoms with E-state index in [0.717, 1.165) is 18.7 Å². The second-order valence-electron chi connectivity index (χ2n) is 4.58. The number of carbonyl (C=O) groups is 1. The van der Waals surface area contributed by atoms with Gasteiger partial charge < -0.3 is 4.74 Å². The number of halogens is 1. The van der Waals surface area contributed by atoms with Gasteiger partial charge in [0, 0.05) is 23.7 Å². The van der Waals surface area contributed by atoms with E-state index < -0.39 is 0 Å². The molecule has 0 spiro atoms. The van der Waals surface area contributed by atoms with Gasteiger partial charge in [-0.15, -0.1) is 0 Å². The van der Waals surface area contributed by atoms with Gasteiger partial charge in [-0.05, 0) is 25.1 Å². The molecule has 1 aliphatic rings. The van der Waals surface area contributed by atoms with Crippen molar-refractivity contribution < 1.29 is 9.53 Å². The van der Waals surface area contributed by atoms with Gasteiger partial charge in [0.15, 0.2) is 5.78 Å². The van der Waals surface area contributed by atoms with Gasteiger partial charge in [-0.2, -0.15) is 0 Å². The number of carbonyl (C=O) groups excluding carboxylic acids is 1. The molecule has 0 aliphatic carbocycles. The zero-order valence-corrected chi connectivity index (χ0v) is 11.5. The van der Waals surface area contributed by atoms with Crippen LogP contribution >= 0.6 is 11.6 Å². The predicted octanol–water partition coefficient (Wildman–Crippen LogP) is 2.55. The number of ether oxygens (including phenoxy) is 1. The smallest absolute Gasteiger partial charge is 0.192 e. The Balaban J connectivity index is 2.12. The molecule has 1 unspecified atom stereocenters. The first-order chi connectivity index (χ1) is 8.61. The Labute approximate surface area is 113 Å². The maximum Gasteiger partial charge on any atom is 0.192 e. The lowest BCUT2D eigenvalue weighted by Crippen LogP contribution is -2.45. The Kier molecular flexibility index (Phi) is 4.38. The van der Waals surface area contributed by atoms with Crippen LogP contribution in [0.25, 0.3) is 0 Å². The van der Waals surface area contributed by atoms with Crippen molar-refractivity contribution in [3.8, 4) is 0 Å². The molecule has 2 rings (SSSR count). The van der Waals surface area contributed by atoms with Crippen LogP contribution in [0.3, 0.4) is 0 Å². The van der Waals surface area contributed by atoms with E-state index in [0.29, 0.717) is 23.7 Å². The molecule has 0 radical (unpaired) electrons. The Morgan fingerprint density at radius 2 is 2.33 bits per heavy atom. The summed E-state index contributed by atoms with van der Waals surface area (Å²) >= 11 is 6.05. The van der Waals surface area contributed by atoms with Crippen LogP contribution in [0, 0.1) is 6.92 Å². The summed E-state index contributed by atoms with van der Waals surface area (Å²) < 4.78 is 5.56. The average molecular weight is 268 g/mol. The zero-order chi connectivity index (χ0) is 13.1. The lowest BCUT2D eigenvalue weighted by Gasteiger charge is -2.31. The van der Waals surface area contributed by atoms with Crippen molar-refractivity contribution in [2.24, 2.45) is 0 Å². The number of ketones is 1. The molecule has 1 aliphatic heterocycles. The topological polar surface area (TPSA) is 29.5 Å². The summed E-state index contributed by atoms with van der Waals surface area (Å²) in [5.74, 6) is 0.0232. The third-order valence-corrected chi connectivity index (χ3v) is 3.75. The minimum atomic E-state index is -0.363. The normalized spacial score (nSPS) is 20.9. The lowest BCUT2D eigenvalue weighted by atomic mass is 10.0. The Hall–Kier alpha value is -0.900. The van der Waals surface area contributed by atoms with Crippen molar-refractivity contribution in [2.75, 3.05) is 26.2 Å². The minimum absolute atomic E-state index is 0.0232. The first kappa shape index (κ1) is 13.5. The molecule has 98 valence electrons. The average Bonchev–Trinajstić information content (AvgIpc) is 2.41. The molecule has 1 aromatic rings. The number of rotatable bonds is 3. The van der Waals surface area contributed by atoms with Crippen molar-refractivity contribution in [3.05, 3.63) is 34.3 Å². The zero-order valence-electron chi connectivity index (χ0n) is 10.8. The van der Waals surface area contributed by atoms with Crippen LogP contribution in [0.15, 0.2) is 18.2 Å². The maximum absolute atomic E-state index is 12.3. The number of aryl methyl sites for hydroxylation is 1. The number of hydrogen-bond donors (Lipinski definition) is 0. The standard InChI is InChI=1S/C14H18ClNO2/c1-3-16-6-7-18-13(9-16)14(17)11-5-4-10(2)12(15)8-11/h4-5,8,13H,3,6-7,9H2,1-2H3. The summed E-state index contributed by atoms with van der Waals surface area (Å²) in [7, 11) is 0. The van der Waals surface area contributed by atoms with Crippen molar-refractivity contribution in [2.45, 2.75) is 20.0 Å². The molecule has 0 aromatic heterocycles. The second kappa shape index (κ2) is 5.83. The quantitative estimate of drug-likeness (QED) is 0.789. The summed E-state index contributed by atoms with van der Waals surface area (Å²) in [4.78, 5) is 14.5. The number of Topliss-reactive ketones (excluding diaryl/α,β-unsaturated/α-hetero) is 1. The van der Waals surface area contributed by atoms with Crippen LogP contribution in [0.2, 0.25) is 5.02 Å². The largest absolute Gasteiger partial charge is 0.367 e. The van der Waals surface area contributed by atoms with Crippen LogP contribution in [0.4, 0.5) is 0 Å². The predicted molar refractivity (Wildman–Crippen MR) is 72.4 cm³/mol. The molecular weight excluding hydrogens is 250 g/mol. The van der Waals surface area contributed by atoms with Crippen molar-refractivity contribution in [3.63, 3.8) is 0 Å². The summed E-state index contributed by atoms with van der Waals surface area (Å²) in [6.07, 6.45) is -0.363. The molecule has 1 atom stereocenters. The van der Waals surface area contributed by atoms with Gasteiger partial charge in [-0.3, -0.25) is 9.69 Å². The molecule has 0 amide bonds. The van der Waals surface area contributed by atoms with E-state index in [4.69, 9.17) is 16.3 Å². The monoisotopic (exact) mass is 267 g/mol. The number of hydrogen-bond acceptors (Lipinski definition) is 3. The number of morpholine rings is 1. The Morgan fingerprint density at radius 1 is 1.56 bits per heavy atom. The molecule has 0 bridgehead atoms. The molecule has 3 nitrogen and oxygen atoms in total. The Bertz CT molecular complexity index is 447. The second-order valence-corrected chi connectivity index (χ2v) is 4.99. The summed E-state index contributed by atoms with van der Waals surface area (Å²) in [6, 6.07) is 5.42. The summed E-state index contributed by atoms with van der Waals surface area (Å²) in [6.45, 7) is 7.14. The van der Waals surface area contributed by atoms with E-state index in [1.165, 1.54) is 0 Å². The summed E-state index contributed by atoms with van der Waals surface area (Å²) in [5, 5.41) is 0.629. The van der Waals surface area contributed by atoms with Gasteiger partial charge >= 0.3 is 0 Å². The summed E-state index contributed by atoms with van der Waals surface area (Å²) in [5.41, 5.74) is 1.61. The minimum Gasteiger partial charge on any atom is -0.367 e. The number of nitrogens with zero attached hydrogens (tertiary/aromatic N) is 1. The van der Waals surface area contributed by atoms with E-state index >= 15 is 0 Å². The van der Waals surface area contributed by atoms with E-state index in [1.54, 1.807) is 6.07 Å². The first-order valence-corrected chi connectivity index (χ1v) is 6.64. The third-order valence-electron chi connectivity index (χ3n) is 3.35. The van der Waals surface area contributed by atoms with Crippen LogP contribution in [-0.4, -0.2) is 43.0 Å². The van der Waals surface area contributed by atoms with Gasteiger partial charge in [0.1, 0.15) is 6.10 Å². The van der Waals surface area contributed by atoms with E-state index in [-0.39, 0.29) is 11.9 Å². The van der Waals surface area contributed by atoms with Gasteiger partial charge in [-0.1, -0.05) is 30.7 Å².